The van der Waals surface area contributed by atoms with Gasteiger partial charge in [0.15, 0.2) is 23.0 Å². The standard InChI is InChI=1S/C32H42O6/c1-16(2)24-17(3)22(18(4)33)27(36)32(38)28(37)25-26(35)23-20(14-30(25,8)15-31(24,32)9)19(10-11-21(23)34)12-13-29(5,6)7/h10-11,16,24-25,34,38H,12-15H2,1-9H3/t24-,25?,30+,31+,32-/m1/s1. The number of benzene rings is 1. The molecule has 6 nitrogen and oxygen atoms in total. The Bertz CT molecular complexity index is 1290. The number of hydrogen-bond donors (Lipinski definition) is 2. The quantitative estimate of drug-likeness (QED) is 0.415. The highest BCUT2D eigenvalue weighted by Gasteiger charge is 2.73. The molecule has 5 atom stereocenters. The molecule has 0 amide bonds. The lowest BCUT2D eigenvalue weighted by Crippen LogP contribution is -2.73. The monoisotopic (exact) mass is 522 g/mol. The topological polar surface area (TPSA) is 109 Å². The van der Waals surface area contributed by atoms with Crippen LogP contribution >= 0.6 is 0 Å². The van der Waals surface area contributed by atoms with Crippen LogP contribution < -0.4 is 0 Å². The molecule has 3 aliphatic carbocycles. The third kappa shape index (κ3) is 3.77. The van der Waals surface area contributed by atoms with Crippen molar-refractivity contribution in [2.45, 2.75) is 93.6 Å². The van der Waals surface area contributed by atoms with Crippen LogP contribution in [0.15, 0.2) is 23.3 Å². The van der Waals surface area contributed by atoms with E-state index in [1.54, 1.807) is 13.8 Å². The molecule has 1 unspecified atom stereocenters. The molecule has 2 N–H and O–H groups in total. The Morgan fingerprint density at radius 3 is 2.26 bits per heavy atom. The van der Waals surface area contributed by atoms with E-state index < -0.39 is 51.4 Å². The van der Waals surface area contributed by atoms with Crippen molar-refractivity contribution in [3.8, 4) is 5.75 Å². The van der Waals surface area contributed by atoms with Crippen LogP contribution in [0.3, 0.4) is 0 Å². The smallest absolute Gasteiger partial charge is 0.206 e. The van der Waals surface area contributed by atoms with E-state index in [0.29, 0.717) is 12.0 Å². The fourth-order valence-electron chi connectivity index (χ4n) is 8.30. The summed E-state index contributed by atoms with van der Waals surface area (Å²) in [5.41, 5.74) is -2.15. The van der Waals surface area contributed by atoms with Crippen molar-refractivity contribution in [3.63, 3.8) is 0 Å². The van der Waals surface area contributed by atoms with Gasteiger partial charge in [0.2, 0.25) is 5.78 Å². The number of phenols is 1. The maximum absolute atomic E-state index is 14.3. The van der Waals surface area contributed by atoms with Crippen molar-refractivity contribution in [1.82, 2.24) is 0 Å². The van der Waals surface area contributed by atoms with E-state index in [1.165, 1.54) is 13.0 Å². The van der Waals surface area contributed by atoms with E-state index in [9.17, 15) is 29.4 Å². The highest BCUT2D eigenvalue weighted by Crippen LogP contribution is 2.64. The number of aromatic hydroxyl groups is 1. The number of phenolic OH excluding ortho intramolecular Hbond substituents is 1. The summed E-state index contributed by atoms with van der Waals surface area (Å²) in [6, 6.07) is 3.37. The van der Waals surface area contributed by atoms with Crippen LogP contribution in [0.1, 0.15) is 96.6 Å². The summed E-state index contributed by atoms with van der Waals surface area (Å²) < 4.78 is 0. The zero-order valence-electron chi connectivity index (χ0n) is 24.2. The molecule has 0 saturated heterocycles. The van der Waals surface area contributed by atoms with Gasteiger partial charge in [0.05, 0.1) is 17.1 Å². The SMILES string of the molecule is CC(=O)C1=C(C)[C@@H](C(C)C)[C@]2(C)C[C@]3(C)Cc4c(CCC(C)(C)C)ccc(O)c4C(=O)C3C(=O)[C@]2(O)C1=O. The van der Waals surface area contributed by atoms with Crippen LogP contribution in [0.5, 0.6) is 5.75 Å². The lowest BCUT2D eigenvalue weighted by atomic mass is 9.40. The highest BCUT2D eigenvalue weighted by molar-refractivity contribution is 6.33. The maximum Gasteiger partial charge on any atom is 0.206 e. The first-order valence-electron chi connectivity index (χ1n) is 13.7. The number of aliphatic hydroxyl groups is 1. The summed E-state index contributed by atoms with van der Waals surface area (Å²) in [5, 5.41) is 23.0. The van der Waals surface area contributed by atoms with Gasteiger partial charge in [0, 0.05) is 5.41 Å². The predicted octanol–water partition coefficient (Wildman–Crippen LogP) is 5.20. The maximum atomic E-state index is 14.3. The van der Waals surface area contributed by atoms with Crippen LogP contribution in [-0.4, -0.2) is 38.9 Å². The van der Waals surface area contributed by atoms with Crippen molar-refractivity contribution >= 4 is 23.1 Å². The van der Waals surface area contributed by atoms with Gasteiger partial charge in [0.1, 0.15) is 5.75 Å². The largest absolute Gasteiger partial charge is 0.507 e. The molecule has 0 spiro atoms. The van der Waals surface area contributed by atoms with Crippen molar-refractivity contribution in [2.75, 3.05) is 0 Å². The molecular formula is C32H42O6. The molecular weight excluding hydrogens is 480 g/mol. The molecule has 1 saturated carbocycles. The summed E-state index contributed by atoms with van der Waals surface area (Å²) in [5.74, 6) is -4.73. The summed E-state index contributed by atoms with van der Waals surface area (Å²) >= 11 is 0. The molecule has 0 aliphatic heterocycles. The summed E-state index contributed by atoms with van der Waals surface area (Å²) in [4.78, 5) is 54.9. The Morgan fingerprint density at radius 2 is 1.74 bits per heavy atom. The number of carbonyl (C=O) groups excluding carboxylic acids is 4. The minimum Gasteiger partial charge on any atom is -0.507 e. The number of ketones is 4. The first kappa shape index (κ1) is 28.4. The van der Waals surface area contributed by atoms with Crippen molar-refractivity contribution in [1.29, 1.82) is 0 Å². The van der Waals surface area contributed by atoms with Crippen LogP contribution in [0.4, 0.5) is 0 Å². The Kier molecular flexibility index (Phi) is 6.51. The number of hydrogen-bond acceptors (Lipinski definition) is 6. The summed E-state index contributed by atoms with van der Waals surface area (Å²) in [6.07, 6.45) is 2.25. The van der Waals surface area contributed by atoms with Crippen molar-refractivity contribution in [2.24, 2.45) is 34.0 Å². The number of fused-ring (bicyclic) bond motifs is 3. The second-order valence-corrected chi connectivity index (χ2v) is 14.1. The third-order valence-corrected chi connectivity index (χ3v) is 9.66. The average Bonchev–Trinajstić information content (AvgIpc) is 2.74. The van der Waals surface area contributed by atoms with Gasteiger partial charge < -0.3 is 10.2 Å². The molecule has 1 fully saturated rings. The van der Waals surface area contributed by atoms with E-state index in [2.05, 4.69) is 20.8 Å². The van der Waals surface area contributed by atoms with Gasteiger partial charge in [-0.15, -0.1) is 0 Å². The molecule has 4 rings (SSSR count). The Balaban J connectivity index is 1.94. The predicted molar refractivity (Wildman–Crippen MR) is 145 cm³/mol. The number of allylic oxidation sites excluding steroid dienone is 1. The molecule has 0 radical (unpaired) electrons. The molecule has 0 bridgehead atoms. The Labute approximate surface area is 225 Å². The van der Waals surface area contributed by atoms with E-state index in [0.717, 1.165) is 24.0 Å². The zero-order valence-corrected chi connectivity index (χ0v) is 24.2. The van der Waals surface area contributed by atoms with Gasteiger partial charge in [-0.2, -0.15) is 0 Å². The van der Waals surface area contributed by atoms with Gasteiger partial charge in [-0.25, -0.2) is 0 Å². The lowest BCUT2D eigenvalue weighted by Gasteiger charge is -2.62. The van der Waals surface area contributed by atoms with Gasteiger partial charge >= 0.3 is 0 Å². The van der Waals surface area contributed by atoms with Gasteiger partial charge in [0.25, 0.3) is 0 Å². The summed E-state index contributed by atoms with van der Waals surface area (Å²) in [7, 11) is 0. The van der Waals surface area contributed by atoms with Crippen LogP contribution in [-0.2, 0) is 27.2 Å². The molecule has 1 aromatic rings. The van der Waals surface area contributed by atoms with E-state index in [1.807, 2.05) is 26.8 Å². The number of Topliss-reactive ketones (excluding diaryl/α,β-unsaturated/α-hetero) is 4. The van der Waals surface area contributed by atoms with E-state index in [-0.39, 0.29) is 34.6 Å². The average molecular weight is 523 g/mol. The first-order valence-corrected chi connectivity index (χ1v) is 13.7. The highest BCUT2D eigenvalue weighted by atomic mass is 16.3. The normalized spacial score (nSPS) is 33.3. The second-order valence-electron chi connectivity index (χ2n) is 14.1. The zero-order chi connectivity index (χ0) is 28.7. The number of rotatable bonds is 4. The number of aryl methyl sites for hydroxylation is 1. The molecule has 6 heteroatoms. The molecule has 0 aromatic heterocycles. The summed E-state index contributed by atoms with van der Waals surface area (Å²) in [6.45, 7) is 17.1. The van der Waals surface area contributed by atoms with Crippen LogP contribution in [0.2, 0.25) is 0 Å². The Morgan fingerprint density at radius 1 is 1.13 bits per heavy atom. The third-order valence-electron chi connectivity index (χ3n) is 9.66. The minimum atomic E-state index is -2.50. The van der Waals surface area contributed by atoms with Gasteiger partial charge in [-0.05, 0) is 79.4 Å². The van der Waals surface area contributed by atoms with E-state index in [4.69, 9.17) is 0 Å². The van der Waals surface area contributed by atoms with Crippen molar-refractivity contribution < 1.29 is 29.4 Å². The fourth-order valence-corrected chi connectivity index (χ4v) is 8.30. The van der Waals surface area contributed by atoms with Gasteiger partial charge in [-0.3, -0.25) is 19.2 Å². The van der Waals surface area contributed by atoms with Gasteiger partial charge in [-0.1, -0.05) is 60.1 Å². The molecule has 1 aromatic carbocycles. The molecule has 206 valence electrons. The second kappa shape index (κ2) is 8.70. The molecule has 3 aliphatic rings. The van der Waals surface area contributed by atoms with Crippen LogP contribution in [0, 0.1) is 34.0 Å². The van der Waals surface area contributed by atoms with E-state index >= 15 is 0 Å². The number of carbonyl (C=O) groups is 4. The molecule has 0 heterocycles. The van der Waals surface area contributed by atoms with Crippen molar-refractivity contribution in [3.05, 3.63) is 40.0 Å². The lowest BCUT2D eigenvalue weighted by molar-refractivity contribution is -0.192. The van der Waals surface area contributed by atoms with Crippen LogP contribution in [0.25, 0.3) is 0 Å². The Hall–Kier alpha value is -2.60. The fraction of sp³-hybridized carbons (Fsp3) is 0.625. The molecule has 38 heavy (non-hydrogen) atoms. The first-order chi connectivity index (χ1) is 17.3. The minimum absolute atomic E-state index is 0.0695.